The van der Waals surface area contributed by atoms with Crippen molar-refractivity contribution in [3.8, 4) is 0 Å². The third-order valence-electron chi connectivity index (χ3n) is 3.18. The van der Waals surface area contributed by atoms with E-state index in [9.17, 15) is 17.2 Å². The van der Waals surface area contributed by atoms with Gasteiger partial charge in [-0.05, 0) is 42.0 Å². The van der Waals surface area contributed by atoms with Gasteiger partial charge in [0.2, 0.25) is 9.84 Å². The first-order chi connectivity index (χ1) is 10.8. The van der Waals surface area contributed by atoms with Gasteiger partial charge in [-0.1, -0.05) is 0 Å². The summed E-state index contributed by atoms with van der Waals surface area (Å²) in [5, 5.41) is 3.11. The number of halogens is 2. The van der Waals surface area contributed by atoms with Crippen molar-refractivity contribution >= 4 is 21.3 Å². The highest BCUT2D eigenvalue weighted by Crippen LogP contribution is 2.20. The first-order valence-electron chi connectivity index (χ1n) is 6.79. The predicted molar refractivity (Wildman–Crippen MR) is 85.5 cm³/mol. The van der Waals surface area contributed by atoms with Crippen LogP contribution in [0.25, 0.3) is 0 Å². The van der Waals surface area contributed by atoms with Crippen LogP contribution in [0.15, 0.2) is 47.5 Å². The van der Waals surface area contributed by atoms with E-state index in [0.717, 1.165) is 11.4 Å². The Balaban J connectivity index is 2.06. The van der Waals surface area contributed by atoms with E-state index in [1.54, 1.807) is 6.20 Å². The molecule has 0 radical (unpaired) electrons. The van der Waals surface area contributed by atoms with Gasteiger partial charge in [-0.15, -0.1) is 0 Å². The van der Waals surface area contributed by atoms with Crippen LogP contribution in [0.5, 0.6) is 0 Å². The first kappa shape index (κ1) is 17.1. The van der Waals surface area contributed by atoms with E-state index in [-0.39, 0.29) is 0 Å². The Morgan fingerprint density at radius 2 is 1.83 bits per heavy atom. The Morgan fingerprint density at radius 3 is 2.39 bits per heavy atom. The Labute approximate surface area is 133 Å². The van der Waals surface area contributed by atoms with E-state index >= 15 is 0 Å². The fourth-order valence-electron chi connectivity index (χ4n) is 1.88. The van der Waals surface area contributed by atoms with Gasteiger partial charge in [0, 0.05) is 32.5 Å². The highest BCUT2D eigenvalue weighted by molar-refractivity contribution is 7.91. The summed E-state index contributed by atoms with van der Waals surface area (Å²) in [6, 6.07) is 9.04. The molecule has 0 atom stereocenters. The van der Waals surface area contributed by atoms with Crippen LogP contribution in [0.4, 0.5) is 20.3 Å². The van der Waals surface area contributed by atoms with Gasteiger partial charge in [0.25, 0.3) is 0 Å². The summed E-state index contributed by atoms with van der Waals surface area (Å²) in [5.74, 6) is -2.59. The average molecular weight is 341 g/mol. The maximum atomic E-state index is 12.5. The van der Waals surface area contributed by atoms with Gasteiger partial charge in [0.1, 0.15) is 5.82 Å². The molecule has 8 heteroatoms. The Bertz CT molecular complexity index is 763. The van der Waals surface area contributed by atoms with Crippen molar-refractivity contribution in [3.05, 3.63) is 48.2 Å². The molecule has 0 saturated carbocycles. The molecule has 0 aliphatic heterocycles. The lowest BCUT2D eigenvalue weighted by atomic mass is 10.2. The van der Waals surface area contributed by atoms with Crippen LogP contribution in [-0.2, 0) is 16.4 Å². The number of rotatable bonds is 6. The number of nitrogens with zero attached hydrogens (tertiary/aromatic N) is 2. The molecule has 0 unspecified atom stereocenters. The molecular formula is C15H17F2N3O2S. The third kappa shape index (κ3) is 4.16. The van der Waals surface area contributed by atoms with Gasteiger partial charge in [-0.2, -0.15) is 8.78 Å². The largest absolute Gasteiger partial charge is 0.381 e. The Morgan fingerprint density at radius 1 is 1.17 bits per heavy atom. The Hall–Kier alpha value is -2.22. The molecule has 2 rings (SSSR count). The number of hydrogen-bond acceptors (Lipinski definition) is 5. The maximum Gasteiger partial charge on any atom is 0.341 e. The third-order valence-corrected chi connectivity index (χ3v) is 4.58. The molecule has 23 heavy (non-hydrogen) atoms. The lowest BCUT2D eigenvalue weighted by Crippen LogP contribution is -2.12. The smallest absolute Gasteiger partial charge is 0.341 e. The van der Waals surface area contributed by atoms with Crippen molar-refractivity contribution in [3.63, 3.8) is 0 Å². The summed E-state index contributed by atoms with van der Waals surface area (Å²) < 4.78 is 47.6. The van der Waals surface area contributed by atoms with Crippen molar-refractivity contribution in [2.75, 3.05) is 24.3 Å². The fourth-order valence-corrected chi connectivity index (χ4v) is 2.61. The molecule has 1 heterocycles. The van der Waals surface area contributed by atoms with E-state index < -0.39 is 20.5 Å². The van der Waals surface area contributed by atoms with Gasteiger partial charge in [0.15, 0.2) is 0 Å². The number of pyridine rings is 1. The SMILES string of the molecule is CN(C)c1cc(CNc2ccc(S(=O)(=O)C(F)F)cc2)ccn1. The fraction of sp³-hybridized carbons (Fsp3) is 0.267. The average Bonchev–Trinajstić information content (AvgIpc) is 2.53. The number of sulfone groups is 1. The quantitative estimate of drug-likeness (QED) is 0.875. The minimum atomic E-state index is -4.55. The van der Waals surface area contributed by atoms with Crippen molar-refractivity contribution in [2.24, 2.45) is 0 Å². The van der Waals surface area contributed by atoms with Crippen LogP contribution < -0.4 is 10.2 Å². The number of aromatic nitrogens is 1. The van der Waals surface area contributed by atoms with Crippen LogP contribution in [0.3, 0.4) is 0 Å². The van der Waals surface area contributed by atoms with Gasteiger partial charge in [0.05, 0.1) is 4.90 Å². The second-order valence-corrected chi connectivity index (χ2v) is 7.02. The number of alkyl halides is 2. The molecule has 0 bridgehead atoms. The monoisotopic (exact) mass is 341 g/mol. The van der Waals surface area contributed by atoms with Gasteiger partial charge in [-0.25, -0.2) is 13.4 Å². The van der Waals surface area contributed by atoms with Crippen LogP contribution in [0.2, 0.25) is 0 Å². The molecule has 124 valence electrons. The normalized spacial score (nSPS) is 11.5. The predicted octanol–water partition coefficient (Wildman–Crippen LogP) is 2.76. The minimum Gasteiger partial charge on any atom is -0.381 e. The molecule has 2 aromatic rings. The second kappa shape index (κ2) is 6.91. The van der Waals surface area contributed by atoms with Crippen LogP contribution in [0, 0.1) is 0 Å². The summed E-state index contributed by atoms with van der Waals surface area (Å²) in [4.78, 5) is 5.70. The molecule has 1 aromatic carbocycles. The standard InChI is InChI=1S/C15H17F2N3O2S/c1-20(2)14-9-11(7-8-18-14)10-19-12-3-5-13(6-4-12)23(21,22)15(16)17/h3-9,15,19H,10H2,1-2H3. The van der Waals surface area contributed by atoms with Crippen LogP contribution in [-0.4, -0.2) is 33.3 Å². The number of anilines is 2. The molecule has 0 spiro atoms. The zero-order chi connectivity index (χ0) is 17.0. The van der Waals surface area contributed by atoms with Crippen molar-refractivity contribution in [1.82, 2.24) is 4.98 Å². The van der Waals surface area contributed by atoms with Crippen molar-refractivity contribution in [2.45, 2.75) is 17.2 Å². The molecule has 0 fully saturated rings. The molecule has 0 saturated heterocycles. The van der Waals surface area contributed by atoms with E-state index in [1.807, 2.05) is 31.1 Å². The topological polar surface area (TPSA) is 62.3 Å². The Kier molecular flexibility index (Phi) is 5.15. The van der Waals surface area contributed by atoms with Crippen LogP contribution >= 0.6 is 0 Å². The lowest BCUT2D eigenvalue weighted by molar-refractivity contribution is 0.234. The van der Waals surface area contributed by atoms with Gasteiger partial charge >= 0.3 is 5.76 Å². The molecule has 1 N–H and O–H groups in total. The van der Waals surface area contributed by atoms with Gasteiger partial charge in [-0.3, -0.25) is 0 Å². The summed E-state index contributed by atoms with van der Waals surface area (Å²) in [7, 11) is -0.770. The highest BCUT2D eigenvalue weighted by Gasteiger charge is 2.26. The van der Waals surface area contributed by atoms with E-state index in [4.69, 9.17) is 0 Å². The molecule has 0 aliphatic rings. The summed E-state index contributed by atoms with van der Waals surface area (Å²) in [6.45, 7) is 0.504. The van der Waals surface area contributed by atoms with E-state index in [0.29, 0.717) is 12.2 Å². The summed E-state index contributed by atoms with van der Waals surface area (Å²) in [6.07, 6.45) is 1.70. The second-order valence-electron chi connectivity index (χ2n) is 5.10. The van der Waals surface area contributed by atoms with Crippen molar-refractivity contribution in [1.29, 1.82) is 0 Å². The number of nitrogens with one attached hydrogen (secondary N) is 1. The zero-order valence-corrected chi connectivity index (χ0v) is 13.5. The molecule has 0 aliphatic carbocycles. The molecule has 5 nitrogen and oxygen atoms in total. The van der Waals surface area contributed by atoms with Crippen molar-refractivity contribution < 1.29 is 17.2 Å². The lowest BCUT2D eigenvalue weighted by Gasteiger charge is -2.13. The maximum absolute atomic E-state index is 12.5. The summed E-state index contributed by atoms with van der Waals surface area (Å²) in [5.41, 5.74) is 1.63. The summed E-state index contributed by atoms with van der Waals surface area (Å²) >= 11 is 0. The highest BCUT2D eigenvalue weighted by atomic mass is 32.2. The van der Waals surface area contributed by atoms with Gasteiger partial charge < -0.3 is 10.2 Å². The molecule has 0 amide bonds. The number of hydrogen-bond donors (Lipinski definition) is 1. The zero-order valence-electron chi connectivity index (χ0n) is 12.7. The molecule has 1 aromatic heterocycles. The minimum absolute atomic E-state index is 0.392. The number of benzene rings is 1. The molecular weight excluding hydrogens is 324 g/mol. The van der Waals surface area contributed by atoms with E-state index in [1.165, 1.54) is 24.3 Å². The first-order valence-corrected chi connectivity index (χ1v) is 8.33. The van der Waals surface area contributed by atoms with Crippen LogP contribution in [0.1, 0.15) is 5.56 Å². The van der Waals surface area contributed by atoms with E-state index in [2.05, 4.69) is 10.3 Å².